The van der Waals surface area contributed by atoms with Crippen molar-refractivity contribution >= 4 is 5.69 Å². The van der Waals surface area contributed by atoms with Crippen LogP contribution in [-0.2, 0) is 0 Å². The van der Waals surface area contributed by atoms with Gasteiger partial charge < -0.3 is 10.5 Å². The third kappa shape index (κ3) is 2.56. The molecule has 0 radical (unpaired) electrons. The van der Waals surface area contributed by atoms with E-state index in [4.69, 9.17) is 15.7 Å². The predicted octanol–water partition coefficient (Wildman–Crippen LogP) is 3.24. The molecule has 0 saturated carbocycles. The first-order chi connectivity index (χ1) is 8.19. The molecule has 2 rings (SSSR count). The fourth-order valence-corrected chi connectivity index (χ4v) is 1.51. The molecule has 2 N–H and O–H groups in total. The molecule has 0 aliphatic rings. The maximum Gasteiger partial charge on any atom is 0.145 e. The maximum atomic E-state index is 8.99. The van der Waals surface area contributed by atoms with E-state index in [0.29, 0.717) is 22.7 Å². The number of nitrogen functional groups attached to an aromatic ring is 1. The highest BCUT2D eigenvalue weighted by Crippen LogP contribution is 2.27. The lowest BCUT2D eigenvalue weighted by molar-refractivity contribution is 0.481. The number of rotatable bonds is 2. The largest absolute Gasteiger partial charge is 0.456 e. The third-order valence-electron chi connectivity index (χ3n) is 2.34. The average Bonchev–Trinajstić information content (AvgIpc) is 2.29. The summed E-state index contributed by atoms with van der Waals surface area (Å²) in [4.78, 5) is 0. The van der Waals surface area contributed by atoms with Gasteiger partial charge in [0, 0.05) is 11.8 Å². The summed E-state index contributed by atoms with van der Waals surface area (Å²) in [5.74, 6) is 1.19. The number of ether oxygens (including phenoxy) is 1. The summed E-state index contributed by atoms with van der Waals surface area (Å²) in [6.45, 7) is 1.95. The zero-order chi connectivity index (χ0) is 12.3. The number of nitriles is 1. The van der Waals surface area contributed by atoms with E-state index in [9.17, 15) is 0 Å². The Labute approximate surface area is 100 Å². The van der Waals surface area contributed by atoms with Gasteiger partial charge in [-0.2, -0.15) is 5.26 Å². The van der Waals surface area contributed by atoms with E-state index < -0.39 is 0 Å². The standard InChI is InChI=1S/C14H12N2O/c1-10-5-6-11(9-15)14(7-10)17-13-4-2-3-12(16)8-13/h2-8H,16H2,1H3. The van der Waals surface area contributed by atoms with Crippen molar-refractivity contribution in [3.8, 4) is 17.6 Å². The lowest BCUT2D eigenvalue weighted by Gasteiger charge is -2.08. The van der Waals surface area contributed by atoms with E-state index in [2.05, 4.69) is 6.07 Å². The van der Waals surface area contributed by atoms with Gasteiger partial charge in [0.1, 0.15) is 17.6 Å². The molecule has 3 heteroatoms. The summed E-state index contributed by atoms with van der Waals surface area (Å²) in [6.07, 6.45) is 0. The first-order valence-corrected chi connectivity index (χ1v) is 5.23. The second kappa shape index (κ2) is 4.58. The zero-order valence-corrected chi connectivity index (χ0v) is 9.47. The van der Waals surface area contributed by atoms with Gasteiger partial charge in [0.15, 0.2) is 0 Å². The number of benzene rings is 2. The molecule has 0 fully saturated rings. The Morgan fingerprint density at radius 3 is 2.71 bits per heavy atom. The Hall–Kier alpha value is -2.47. The number of aryl methyl sites for hydroxylation is 1. The van der Waals surface area contributed by atoms with Crippen LogP contribution in [-0.4, -0.2) is 0 Å². The highest BCUT2D eigenvalue weighted by Gasteiger charge is 2.05. The van der Waals surface area contributed by atoms with Gasteiger partial charge in [-0.25, -0.2) is 0 Å². The van der Waals surface area contributed by atoms with Crippen LogP contribution in [0.2, 0.25) is 0 Å². The Morgan fingerprint density at radius 2 is 2.00 bits per heavy atom. The van der Waals surface area contributed by atoms with Gasteiger partial charge in [-0.05, 0) is 36.8 Å². The van der Waals surface area contributed by atoms with E-state index in [0.717, 1.165) is 5.56 Å². The minimum atomic E-state index is 0.512. The topological polar surface area (TPSA) is 59.0 Å². The summed E-state index contributed by atoms with van der Waals surface area (Å²) in [6, 6.07) is 14.7. The number of nitrogens with zero attached hydrogens (tertiary/aromatic N) is 1. The number of nitrogens with two attached hydrogens (primary N) is 1. The summed E-state index contributed by atoms with van der Waals surface area (Å²) >= 11 is 0. The SMILES string of the molecule is Cc1ccc(C#N)c(Oc2cccc(N)c2)c1. The number of anilines is 1. The van der Waals surface area contributed by atoms with E-state index >= 15 is 0 Å². The lowest BCUT2D eigenvalue weighted by Crippen LogP contribution is -1.90. The van der Waals surface area contributed by atoms with E-state index in [1.54, 1.807) is 24.3 Å². The van der Waals surface area contributed by atoms with Gasteiger partial charge in [0.05, 0.1) is 5.56 Å². The molecule has 0 atom stereocenters. The maximum absolute atomic E-state index is 8.99. The summed E-state index contributed by atoms with van der Waals surface area (Å²) < 4.78 is 5.66. The van der Waals surface area contributed by atoms with Crippen LogP contribution in [0.15, 0.2) is 42.5 Å². The van der Waals surface area contributed by atoms with Crippen molar-refractivity contribution in [3.63, 3.8) is 0 Å². The zero-order valence-electron chi connectivity index (χ0n) is 9.47. The van der Waals surface area contributed by atoms with Crippen molar-refractivity contribution in [1.82, 2.24) is 0 Å². The first-order valence-electron chi connectivity index (χ1n) is 5.23. The van der Waals surface area contributed by atoms with Crippen LogP contribution in [0, 0.1) is 18.3 Å². The van der Waals surface area contributed by atoms with Crippen LogP contribution < -0.4 is 10.5 Å². The fourth-order valence-electron chi connectivity index (χ4n) is 1.51. The molecule has 0 aliphatic heterocycles. The molecular formula is C14H12N2O. The normalized spacial score (nSPS) is 9.65. The molecule has 2 aromatic carbocycles. The molecule has 17 heavy (non-hydrogen) atoms. The predicted molar refractivity (Wildman–Crippen MR) is 66.8 cm³/mol. The molecule has 84 valence electrons. The van der Waals surface area contributed by atoms with E-state index in [1.165, 1.54) is 0 Å². The quantitative estimate of drug-likeness (QED) is 0.796. The Bertz CT molecular complexity index is 585. The highest BCUT2D eigenvalue weighted by molar-refractivity contribution is 5.49. The van der Waals surface area contributed by atoms with Crippen molar-refractivity contribution in [2.24, 2.45) is 0 Å². The molecule has 0 amide bonds. The van der Waals surface area contributed by atoms with Crippen LogP contribution in [0.3, 0.4) is 0 Å². The third-order valence-corrected chi connectivity index (χ3v) is 2.34. The number of hydrogen-bond donors (Lipinski definition) is 1. The molecule has 3 nitrogen and oxygen atoms in total. The molecule has 0 bridgehead atoms. The minimum Gasteiger partial charge on any atom is -0.456 e. The second-order valence-corrected chi connectivity index (χ2v) is 3.79. The van der Waals surface area contributed by atoms with Gasteiger partial charge in [-0.15, -0.1) is 0 Å². The van der Waals surface area contributed by atoms with Gasteiger partial charge in [-0.3, -0.25) is 0 Å². The molecule has 0 saturated heterocycles. The van der Waals surface area contributed by atoms with Gasteiger partial charge >= 0.3 is 0 Å². The molecule has 0 aromatic heterocycles. The molecule has 0 spiro atoms. The smallest absolute Gasteiger partial charge is 0.145 e. The molecule has 0 unspecified atom stereocenters. The van der Waals surface area contributed by atoms with Gasteiger partial charge in [0.2, 0.25) is 0 Å². The summed E-state index contributed by atoms with van der Waals surface area (Å²) in [5, 5.41) is 8.99. The molecule has 0 heterocycles. The summed E-state index contributed by atoms with van der Waals surface area (Å²) in [7, 11) is 0. The lowest BCUT2D eigenvalue weighted by atomic mass is 10.1. The first kappa shape index (κ1) is 11.0. The van der Waals surface area contributed by atoms with Crippen LogP contribution >= 0.6 is 0 Å². The van der Waals surface area contributed by atoms with Crippen molar-refractivity contribution in [2.75, 3.05) is 5.73 Å². The number of hydrogen-bond acceptors (Lipinski definition) is 3. The highest BCUT2D eigenvalue weighted by atomic mass is 16.5. The van der Waals surface area contributed by atoms with Crippen LogP contribution in [0.5, 0.6) is 11.5 Å². The van der Waals surface area contributed by atoms with Gasteiger partial charge in [0.25, 0.3) is 0 Å². The minimum absolute atomic E-state index is 0.512. The summed E-state index contributed by atoms with van der Waals surface area (Å²) in [5.41, 5.74) is 7.86. The average molecular weight is 224 g/mol. The van der Waals surface area contributed by atoms with Crippen molar-refractivity contribution in [3.05, 3.63) is 53.6 Å². The van der Waals surface area contributed by atoms with Crippen LogP contribution in [0.4, 0.5) is 5.69 Å². The second-order valence-electron chi connectivity index (χ2n) is 3.79. The van der Waals surface area contributed by atoms with Crippen LogP contribution in [0.1, 0.15) is 11.1 Å². The Kier molecular flexibility index (Phi) is 2.97. The Morgan fingerprint density at radius 1 is 1.18 bits per heavy atom. The van der Waals surface area contributed by atoms with Crippen molar-refractivity contribution < 1.29 is 4.74 Å². The van der Waals surface area contributed by atoms with Crippen molar-refractivity contribution in [2.45, 2.75) is 6.92 Å². The Balaban J connectivity index is 2.36. The monoisotopic (exact) mass is 224 g/mol. The molecule has 0 aliphatic carbocycles. The molecule has 2 aromatic rings. The van der Waals surface area contributed by atoms with Crippen LogP contribution in [0.25, 0.3) is 0 Å². The fraction of sp³-hybridized carbons (Fsp3) is 0.0714. The van der Waals surface area contributed by atoms with E-state index in [1.807, 2.05) is 25.1 Å². The molecular weight excluding hydrogens is 212 g/mol. The van der Waals surface area contributed by atoms with E-state index in [-0.39, 0.29) is 0 Å². The van der Waals surface area contributed by atoms with Crippen molar-refractivity contribution in [1.29, 1.82) is 5.26 Å². The van der Waals surface area contributed by atoms with Gasteiger partial charge in [-0.1, -0.05) is 12.1 Å².